The molecule has 1 aliphatic carbocycles. The van der Waals surface area contributed by atoms with Crippen molar-refractivity contribution in [3.8, 4) is 11.5 Å². The summed E-state index contributed by atoms with van der Waals surface area (Å²) in [6, 6.07) is 7.63. The van der Waals surface area contributed by atoms with Gasteiger partial charge in [0.2, 0.25) is 0 Å². The normalized spacial score (nSPS) is 18.5. The number of esters is 1. The number of amides is 1. The number of carbonyl (C=O) groups excluding carboxylic acids is 2. The second kappa shape index (κ2) is 13.1. The van der Waals surface area contributed by atoms with E-state index in [1.54, 1.807) is 6.07 Å². The van der Waals surface area contributed by atoms with Crippen LogP contribution in [0.5, 0.6) is 11.5 Å². The quantitative estimate of drug-likeness (QED) is 0.364. The van der Waals surface area contributed by atoms with Gasteiger partial charge in [0, 0.05) is 37.0 Å². The molecule has 0 bridgehead atoms. The summed E-state index contributed by atoms with van der Waals surface area (Å²) in [5.74, 6) is 1.28. The highest BCUT2D eigenvalue weighted by atomic mass is 16.6. The van der Waals surface area contributed by atoms with E-state index in [-0.39, 0.29) is 37.2 Å². The molecule has 4 rings (SSSR count). The van der Waals surface area contributed by atoms with Gasteiger partial charge in [-0.1, -0.05) is 25.3 Å². The van der Waals surface area contributed by atoms with E-state index < -0.39 is 0 Å². The average molecular weight is 512 g/mol. The predicted molar refractivity (Wildman–Crippen MR) is 143 cm³/mol. The molecule has 8 nitrogen and oxygen atoms in total. The number of benzene rings is 1. The van der Waals surface area contributed by atoms with E-state index in [0.29, 0.717) is 35.2 Å². The van der Waals surface area contributed by atoms with Crippen molar-refractivity contribution in [2.24, 2.45) is 5.92 Å². The molecule has 2 heterocycles. The fourth-order valence-corrected chi connectivity index (χ4v) is 5.46. The third kappa shape index (κ3) is 7.12. The molecular formula is C29H41N3O5. The van der Waals surface area contributed by atoms with E-state index in [0.717, 1.165) is 31.3 Å². The minimum atomic E-state index is -0.355. The average Bonchev–Trinajstić information content (AvgIpc) is 2.90. The Balaban J connectivity index is 1.66. The molecule has 1 saturated heterocycles. The zero-order valence-electron chi connectivity index (χ0n) is 22.5. The molecule has 1 amide bonds. The fourth-order valence-electron chi connectivity index (χ4n) is 5.46. The van der Waals surface area contributed by atoms with E-state index in [9.17, 15) is 9.59 Å². The number of aromatic nitrogens is 1. The summed E-state index contributed by atoms with van der Waals surface area (Å²) in [5.41, 5.74) is 0.958. The highest BCUT2D eigenvalue weighted by Crippen LogP contribution is 2.34. The first kappa shape index (κ1) is 27.2. The third-order valence-electron chi connectivity index (χ3n) is 7.28. The van der Waals surface area contributed by atoms with Gasteiger partial charge >= 0.3 is 5.97 Å². The summed E-state index contributed by atoms with van der Waals surface area (Å²) in [5, 5.41) is 4.19. The number of piperidine rings is 1. The number of nitrogens with one attached hydrogen (secondary N) is 1. The molecule has 1 aromatic carbocycles. The van der Waals surface area contributed by atoms with Crippen LogP contribution in [0.3, 0.4) is 0 Å². The van der Waals surface area contributed by atoms with E-state index >= 15 is 0 Å². The van der Waals surface area contributed by atoms with Gasteiger partial charge in [0.25, 0.3) is 5.91 Å². The fraction of sp³-hybridized carbons (Fsp3) is 0.621. The number of fused-ring (bicyclic) bond motifs is 1. The van der Waals surface area contributed by atoms with Crippen molar-refractivity contribution < 1.29 is 23.8 Å². The Labute approximate surface area is 220 Å². The number of carbonyl (C=O) groups is 2. The van der Waals surface area contributed by atoms with Gasteiger partial charge < -0.3 is 24.4 Å². The van der Waals surface area contributed by atoms with E-state index in [1.807, 2.05) is 36.9 Å². The number of nitrogens with zero attached hydrogens (tertiary/aromatic N) is 2. The van der Waals surface area contributed by atoms with Gasteiger partial charge in [0.15, 0.2) is 0 Å². The zero-order chi connectivity index (χ0) is 26.2. The molecule has 1 saturated carbocycles. The molecule has 0 spiro atoms. The standard InChI is InChI=1S/C29H41N3O5/c1-20(2)32(23-11-8-14-30-18-23)29(34)25-17-27(36-16-15-35-21(3)33)24-12-7-13-26(28(24)31-25)37-19-22-9-5-4-6-10-22/h7,12-13,17,20,22-23,30H,4-6,8-11,14-16,18-19H2,1-3H3/t23-/m1/s1. The summed E-state index contributed by atoms with van der Waals surface area (Å²) < 4.78 is 17.4. The SMILES string of the molecule is CC(=O)OCCOc1cc(C(=O)N(C(C)C)[C@@H]2CCCNC2)nc2c(OCC3CCCCC3)cccc12. The minimum absolute atomic E-state index is 0.0287. The molecule has 0 unspecified atom stereocenters. The zero-order valence-corrected chi connectivity index (χ0v) is 22.5. The highest BCUT2D eigenvalue weighted by molar-refractivity contribution is 5.98. The van der Waals surface area contributed by atoms with Crippen LogP contribution in [0, 0.1) is 5.92 Å². The van der Waals surface area contributed by atoms with E-state index in [2.05, 4.69) is 5.32 Å². The van der Waals surface area contributed by atoms with Crippen molar-refractivity contribution in [3.63, 3.8) is 0 Å². The van der Waals surface area contributed by atoms with Gasteiger partial charge in [-0.05, 0) is 64.1 Å². The second-order valence-corrected chi connectivity index (χ2v) is 10.5. The Morgan fingerprint density at radius 2 is 1.86 bits per heavy atom. The van der Waals surface area contributed by atoms with Crippen molar-refractivity contribution in [2.75, 3.05) is 32.9 Å². The monoisotopic (exact) mass is 511 g/mol. The lowest BCUT2D eigenvalue weighted by atomic mass is 9.90. The molecule has 202 valence electrons. The van der Waals surface area contributed by atoms with Crippen LogP contribution in [-0.2, 0) is 9.53 Å². The number of pyridine rings is 1. The summed E-state index contributed by atoms with van der Waals surface area (Å²) in [4.78, 5) is 31.9. The van der Waals surface area contributed by atoms with Crippen LogP contribution in [-0.4, -0.2) is 66.8 Å². The summed E-state index contributed by atoms with van der Waals surface area (Å²) in [6.45, 7) is 8.17. The van der Waals surface area contributed by atoms with Gasteiger partial charge in [0.1, 0.15) is 35.9 Å². The topological polar surface area (TPSA) is 90.0 Å². The summed E-state index contributed by atoms with van der Waals surface area (Å²) >= 11 is 0. The maximum absolute atomic E-state index is 13.9. The van der Waals surface area contributed by atoms with Crippen molar-refractivity contribution >= 4 is 22.8 Å². The van der Waals surface area contributed by atoms with Crippen LogP contribution in [0.1, 0.15) is 76.2 Å². The summed E-state index contributed by atoms with van der Waals surface area (Å²) in [7, 11) is 0. The van der Waals surface area contributed by atoms with E-state index in [1.165, 1.54) is 39.0 Å². The van der Waals surface area contributed by atoms with Crippen LogP contribution in [0.15, 0.2) is 24.3 Å². The lowest BCUT2D eigenvalue weighted by Gasteiger charge is -2.37. The van der Waals surface area contributed by atoms with Gasteiger partial charge in [-0.25, -0.2) is 4.98 Å². The summed E-state index contributed by atoms with van der Waals surface area (Å²) in [6.07, 6.45) is 8.18. The molecule has 1 aliphatic heterocycles. The van der Waals surface area contributed by atoms with Crippen molar-refractivity contribution in [3.05, 3.63) is 30.0 Å². The Bertz CT molecular complexity index is 1060. The molecule has 8 heteroatoms. The first-order valence-corrected chi connectivity index (χ1v) is 13.8. The molecule has 0 radical (unpaired) electrons. The Morgan fingerprint density at radius 3 is 2.57 bits per heavy atom. The van der Waals surface area contributed by atoms with Crippen LogP contribution >= 0.6 is 0 Å². The van der Waals surface area contributed by atoms with Crippen LogP contribution in [0.25, 0.3) is 10.9 Å². The van der Waals surface area contributed by atoms with Gasteiger partial charge in [-0.15, -0.1) is 0 Å². The van der Waals surface area contributed by atoms with Crippen molar-refractivity contribution in [2.45, 2.75) is 77.8 Å². The predicted octanol–water partition coefficient (Wildman–Crippen LogP) is 4.74. The molecular weight excluding hydrogens is 470 g/mol. The van der Waals surface area contributed by atoms with Crippen LogP contribution in [0.4, 0.5) is 0 Å². The molecule has 37 heavy (non-hydrogen) atoms. The Morgan fingerprint density at radius 1 is 1.05 bits per heavy atom. The second-order valence-electron chi connectivity index (χ2n) is 10.5. The van der Waals surface area contributed by atoms with Crippen molar-refractivity contribution in [1.29, 1.82) is 0 Å². The largest absolute Gasteiger partial charge is 0.491 e. The smallest absolute Gasteiger partial charge is 0.302 e. The number of ether oxygens (including phenoxy) is 3. The lowest BCUT2D eigenvalue weighted by Crippen LogP contribution is -2.51. The van der Waals surface area contributed by atoms with Crippen LogP contribution < -0.4 is 14.8 Å². The van der Waals surface area contributed by atoms with E-state index in [4.69, 9.17) is 19.2 Å². The maximum Gasteiger partial charge on any atom is 0.302 e. The lowest BCUT2D eigenvalue weighted by molar-refractivity contribution is -0.141. The first-order chi connectivity index (χ1) is 17.9. The molecule has 1 atom stereocenters. The number of hydrogen-bond donors (Lipinski definition) is 1. The van der Waals surface area contributed by atoms with Crippen LogP contribution in [0.2, 0.25) is 0 Å². The van der Waals surface area contributed by atoms with Gasteiger partial charge in [-0.2, -0.15) is 0 Å². The molecule has 2 aromatic rings. The molecule has 1 aromatic heterocycles. The van der Waals surface area contributed by atoms with Gasteiger partial charge in [-0.3, -0.25) is 9.59 Å². The molecule has 2 aliphatic rings. The number of para-hydroxylation sites is 1. The molecule has 2 fully saturated rings. The number of rotatable bonds is 10. The third-order valence-corrected chi connectivity index (χ3v) is 7.28. The Kier molecular flexibility index (Phi) is 9.61. The Hall–Kier alpha value is -2.87. The minimum Gasteiger partial charge on any atom is -0.491 e. The number of hydrogen-bond acceptors (Lipinski definition) is 7. The molecule has 1 N–H and O–H groups in total. The highest BCUT2D eigenvalue weighted by Gasteiger charge is 2.30. The van der Waals surface area contributed by atoms with Crippen molar-refractivity contribution in [1.82, 2.24) is 15.2 Å². The first-order valence-electron chi connectivity index (χ1n) is 13.8. The van der Waals surface area contributed by atoms with Gasteiger partial charge in [0.05, 0.1) is 6.61 Å². The maximum atomic E-state index is 13.9.